The first-order valence-corrected chi connectivity index (χ1v) is 14.1. The number of amides is 2. The SMILES string of the molecule is CCSc1cnccc1SC1(C(=O)O)CS[C@@H]2[C@H](NC(=O)C(=NO)c3nc(N)sc3Cl)C(=O)N2C1. The zero-order valence-electron chi connectivity index (χ0n) is 18.0. The van der Waals surface area contributed by atoms with Crippen LogP contribution in [0.25, 0.3) is 0 Å². The normalized spacial score (nSPS) is 24.0. The van der Waals surface area contributed by atoms with Crippen LogP contribution in [0.15, 0.2) is 33.4 Å². The molecular weight excluding hydrogens is 556 g/mol. The number of aliphatic carboxylic acids is 1. The highest BCUT2D eigenvalue weighted by molar-refractivity contribution is 8.05. The maximum absolute atomic E-state index is 12.9. The predicted octanol–water partition coefficient (Wildman–Crippen LogP) is 2.08. The molecule has 0 saturated carbocycles. The van der Waals surface area contributed by atoms with Gasteiger partial charge in [0.05, 0.1) is 0 Å². The van der Waals surface area contributed by atoms with Gasteiger partial charge in [0.1, 0.15) is 26.2 Å². The molecule has 0 spiro atoms. The van der Waals surface area contributed by atoms with Gasteiger partial charge in [-0.15, -0.1) is 35.3 Å². The fourth-order valence-corrected chi connectivity index (χ4v) is 8.30. The highest BCUT2D eigenvalue weighted by Crippen LogP contribution is 2.48. The molecule has 0 radical (unpaired) electrons. The van der Waals surface area contributed by atoms with E-state index in [1.807, 2.05) is 6.92 Å². The van der Waals surface area contributed by atoms with Crippen molar-refractivity contribution >= 4 is 86.9 Å². The number of nitrogens with zero attached hydrogens (tertiary/aromatic N) is 4. The lowest BCUT2D eigenvalue weighted by molar-refractivity contribution is -0.151. The van der Waals surface area contributed by atoms with Gasteiger partial charge in [0.25, 0.3) is 5.91 Å². The Labute approximate surface area is 221 Å². The number of rotatable bonds is 8. The van der Waals surface area contributed by atoms with Crippen LogP contribution in [0.4, 0.5) is 5.13 Å². The number of anilines is 1. The highest BCUT2D eigenvalue weighted by Gasteiger charge is 2.58. The van der Waals surface area contributed by atoms with Gasteiger partial charge in [0.2, 0.25) is 5.91 Å². The molecule has 3 atom stereocenters. The monoisotopic (exact) mass is 574 g/mol. The molecule has 2 aromatic heterocycles. The van der Waals surface area contributed by atoms with Crippen molar-refractivity contribution in [3.63, 3.8) is 0 Å². The van der Waals surface area contributed by atoms with Crippen LogP contribution in [-0.2, 0) is 14.4 Å². The summed E-state index contributed by atoms with van der Waals surface area (Å²) >= 11 is 11.0. The summed E-state index contributed by atoms with van der Waals surface area (Å²) in [5.41, 5.74) is 5.03. The van der Waals surface area contributed by atoms with Gasteiger partial charge in [0.15, 0.2) is 10.8 Å². The first-order chi connectivity index (χ1) is 16.7. The molecule has 5 N–H and O–H groups in total. The van der Waals surface area contributed by atoms with E-state index in [4.69, 9.17) is 17.3 Å². The highest BCUT2D eigenvalue weighted by atomic mass is 35.5. The molecule has 2 aromatic rings. The molecule has 186 valence electrons. The van der Waals surface area contributed by atoms with E-state index in [1.165, 1.54) is 28.4 Å². The summed E-state index contributed by atoms with van der Waals surface area (Å²) < 4.78 is -1.20. The molecule has 16 heteroatoms. The molecule has 35 heavy (non-hydrogen) atoms. The van der Waals surface area contributed by atoms with E-state index in [9.17, 15) is 24.7 Å². The largest absolute Gasteiger partial charge is 0.480 e. The summed E-state index contributed by atoms with van der Waals surface area (Å²) in [6, 6.07) is 0.861. The molecule has 1 unspecified atom stereocenters. The van der Waals surface area contributed by atoms with Crippen LogP contribution < -0.4 is 11.1 Å². The third-order valence-electron chi connectivity index (χ3n) is 5.22. The molecule has 0 bridgehead atoms. The number of nitrogens with two attached hydrogens (primary N) is 1. The van der Waals surface area contributed by atoms with Crippen molar-refractivity contribution in [1.82, 2.24) is 20.2 Å². The molecule has 0 aliphatic carbocycles. The standard InChI is InChI=1S/C19H19ClN6O5S4/c1-2-32-9-5-22-4-3-8(9)35-19(17(29)30)6-26-15(28)12(16(26)33-7-19)23-14(27)11(25-31)10-13(20)34-18(21)24-10/h3-5,12,16,31H,2,6-7H2,1H3,(H2,21,24)(H,23,27)(H,29,30)/t12-,16-,19?/m1/s1. The van der Waals surface area contributed by atoms with Crippen molar-refractivity contribution in [2.75, 3.05) is 23.8 Å². The summed E-state index contributed by atoms with van der Waals surface area (Å²) in [6.07, 6.45) is 3.31. The summed E-state index contributed by atoms with van der Waals surface area (Å²) in [7, 11) is 0. The van der Waals surface area contributed by atoms with Crippen LogP contribution in [0.5, 0.6) is 0 Å². The van der Waals surface area contributed by atoms with Crippen LogP contribution in [0.2, 0.25) is 4.34 Å². The summed E-state index contributed by atoms with van der Waals surface area (Å²) in [6.45, 7) is 1.97. The number of oxime groups is 1. The van der Waals surface area contributed by atoms with E-state index in [-0.39, 0.29) is 27.5 Å². The second-order valence-electron chi connectivity index (χ2n) is 7.40. The van der Waals surface area contributed by atoms with Gasteiger partial charge in [-0.3, -0.25) is 19.4 Å². The first-order valence-electron chi connectivity index (χ1n) is 10.1. The zero-order valence-corrected chi connectivity index (χ0v) is 22.0. The van der Waals surface area contributed by atoms with Crippen molar-refractivity contribution in [2.45, 2.75) is 32.9 Å². The molecule has 11 nitrogen and oxygen atoms in total. The number of hydrogen-bond acceptors (Lipinski definition) is 12. The number of carboxylic acid groups (broad SMARTS) is 1. The molecule has 2 fully saturated rings. The topological polar surface area (TPSA) is 171 Å². The van der Waals surface area contributed by atoms with E-state index >= 15 is 0 Å². The maximum atomic E-state index is 12.9. The van der Waals surface area contributed by atoms with Crippen molar-refractivity contribution < 1.29 is 24.7 Å². The number of aromatic nitrogens is 2. The van der Waals surface area contributed by atoms with Gasteiger partial charge >= 0.3 is 5.97 Å². The van der Waals surface area contributed by atoms with Gasteiger partial charge < -0.3 is 26.3 Å². The van der Waals surface area contributed by atoms with Crippen LogP contribution in [-0.4, -0.2) is 82.9 Å². The van der Waals surface area contributed by atoms with Crippen LogP contribution in [0.1, 0.15) is 12.6 Å². The van der Waals surface area contributed by atoms with E-state index in [0.29, 0.717) is 0 Å². The number of fused-ring (bicyclic) bond motifs is 1. The van der Waals surface area contributed by atoms with Crippen molar-refractivity contribution in [3.8, 4) is 0 Å². The van der Waals surface area contributed by atoms with Crippen LogP contribution in [0.3, 0.4) is 0 Å². The fourth-order valence-electron chi connectivity index (χ4n) is 3.59. The average molecular weight is 575 g/mol. The van der Waals surface area contributed by atoms with Gasteiger partial charge in [0, 0.05) is 34.5 Å². The number of thiazole rings is 1. The number of nitrogens with one attached hydrogen (secondary N) is 1. The van der Waals surface area contributed by atoms with Crippen molar-refractivity contribution in [3.05, 3.63) is 28.5 Å². The second kappa shape index (κ2) is 10.4. The van der Waals surface area contributed by atoms with Gasteiger partial charge in [-0.1, -0.05) is 35.0 Å². The Kier molecular flexibility index (Phi) is 7.71. The zero-order chi connectivity index (χ0) is 25.3. The Morgan fingerprint density at radius 1 is 1.46 bits per heavy atom. The van der Waals surface area contributed by atoms with Crippen LogP contribution in [0, 0.1) is 0 Å². The number of halogens is 1. The average Bonchev–Trinajstić information content (AvgIpc) is 3.16. The first kappa shape index (κ1) is 25.9. The number of pyridine rings is 1. The fraction of sp³-hybridized carbons (Fsp3) is 0.368. The molecule has 2 amide bonds. The van der Waals surface area contributed by atoms with E-state index in [0.717, 1.165) is 26.9 Å². The molecule has 4 rings (SSSR count). The predicted molar refractivity (Wildman–Crippen MR) is 137 cm³/mol. The number of β-lactam (4-membered cyclic amide) rings is 1. The minimum absolute atomic E-state index is 0.0240. The van der Waals surface area contributed by atoms with E-state index in [2.05, 4.69) is 20.4 Å². The minimum Gasteiger partial charge on any atom is -0.480 e. The molecular formula is C19H19ClN6O5S4. The number of carbonyl (C=O) groups is 3. The Balaban J connectivity index is 1.48. The molecule has 4 heterocycles. The number of hydrogen-bond donors (Lipinski definition) is 4. The Morgan fingerprint density at radius 2 is 2.23 bits per heavy atom. The van der Waals surface area contributed by atoms with E-state index < -0.39 is 39.7 Å². The maximum Gasteiger partial charge on any atom is 0.322 e. The number of thioether (sulfide) groups is 3. The lowest BCUT2D eigenvalue weighted by Crippen LogP contribution is -2.74. The number of nitrogen functional groups attached to an aromatic ring is 1. The second-order valence-corrected chi connectivity index (χ2v) is 12.9. The molecule has 2 saturated heterocycles. The molecule has 2 aliphatic heterocycles. The minimum atomic E-state index is -1.26. The van der Waals surface area contributed by atoms with Gasteiger partial charge in [-0.2, -0.15) is 0 Å². The Hall–Kier alpha value is -2.20. The summed E-state index contributed by atoms with van der Waals surface area (Å²) in [5.74, 6) is -1.29. The van der Waals surface area contributed by atoms with Gasteiger partial charge in [-0.25, -0.2) is 4.98 Å². The molecule has 2 aliphatic rings. The smallest absolute Gasteiger partial charge is 0.322 e. The number of carbonyl (C=O) groups excluding carboxylic acids is 2. The van der Waals surface area contributed by atoms with Gasteiger partial charge in [-0.05, 0) is 11.8 Å². The number of carboxylic acids is 1. The lowest BCUT2D eigenvalue weighted by Gasteiger charge is -2.53. The molecule has 0 aromatic carbocycles. The Morgan fingerprint density at radius 3 is 2.86 bits per heavy atom. The third-order valence-corrected chi connectivity index (χ3v) is 10.5. The Bertz CT molecular complexity index is 1210. The van der Waals surface area contributed by atoms with Crippen LogP contribution >= 0.6 is 58.2 Å². The van der Waals surface area contributed by atoms with Crippen molar-refractivity contribution in [2.24, 2.45) is 5.16 Å². The van der Waals surface area contributed by atoms with Crippen molar-refractivity contribution in [1.29, 1.82) is 0 Å². The van der Waals surface area contributed by atoms with E-state index in [1.54, 1.807) is 30.2 Å². The summed E-state index contributed by atoms with van der Waals surface area (Å²) in [4.78, 5) is 49.1. The summed E-state index contributed by atoms with van der Waals surface area (Å²) in [5, 5.41) is 24.6. The lowest BCUT2D eigenvalue weighted by atomic mass is 10.0. The quantitative estimate of drug-likeness (QED) is 0.120. The third kappa shape index (κ3) is 4.91.